The normalized spacial score (nSPS) is 18.2. The molecule has 1 aliphatic rings. The molecule has 32 heavy (non-hydrogen) atoms. The van der Waals surface area contributed by atoms with Crippen molar-refractivity contribution < 1.29 is 30.0 Å². The third kappa shape index (κ3) is 4.81. The van der Waals surface area contributed by atoms with Gasteiger partial charge in [0.15, 0.2) is 12.2 Å². The molecule has 2 aromatic carbocycles. The average Bonchev–Trinajstić information content (AvgIpc) is 2.72. The van der Waals surface area contributed by atoms with Gasteiger partial charge in [-0.25, -0.2) is 0 Å². The van der Waals surface area contributed by atoms with E-state index >= 15 is 0 Å². The van der Waals surface area contributed by atoms with Gasteiger partial charge in [-0.15, -0.1) is 0 Å². The second-order valence-electron chi connectivity index (χ2n) is 8.56. The highest BCUT2D eigenvalue weighted by Gasteiger charge is 2.40. The maximum Gasteiger partial charge on any atom is 0.202 e. The molecule has 6 nitrogen and oxygen atoms in total. The SMILES string of the molecule is CC(C)=CCC/C(C)=C/Cc1c(O)cc2c(c1O)C(=O)[C@H](O)[C@@H](c1ccc(C)c(O)c1)O2. The fourth-order valence-electron chi connectivity index (χ4n) is 3.71. The summed E-state index contributed by atoms with van der Waals surface area (Å²) in [6, 6.07) is 6.03. The van der Waals surface area contributed by atoms with Gasteiger partial charge in [-0.2, -0.15) is 0 Å². The Labute approximate surface area is 188 Å². The summed E-state index contributed by atoms with van der Waals surface area (Å²) in [6.45, 7) is 7.79. The Bertz CT molecular complexity index is 1090. The number of hydrogen-bond acceptors (Lipinski definition) is 6. The van der Waals surface area contributed by atoms with Crippen molar-refractivity contribution in [2.45, 2.75) is 59.2 Å². The molecule has 3 rings (SSSR count). The minimum absolute atomic E-state index is 0.00613. The predicted molar refractivity (Wildman–Crippen MR) is 122 cm³/mol. The maximum absolute atomic E-state index is 12.9. The number of ketones is 1. The van der Waals surface area contributed by atoms with Gasteiger partial charge in [-0.1, -0.05) is 35.4 Å². The lowest BCUT2D eigenvalue weighted by Gasteiger charge is -2.31. The van der Waals surface area contributed by atoms with Crippen LogP contribution in [0, 0.1) is 6.92 Å². The van der Waals surface area contributed by atoms with Crippen LogP contribution in [0.15, 0.2) is 47.6 Å². The molecule has 6 heteroatoms. The molecule has 0 radical (unpaired) electrons. The van der Waals surface area contributed by atoms with E-state index in [9.17, 15) is 25.2 Å². The fraction of sp³-hybridized carbons (Fsp3) is 0.346. The molecule has 0 bridgehead atoms. The number of Topliss-reactive ketones (excluding diaryl/α,β-unsaturated/α-hetero) is 1. The summed E-state index contributed by atoms with van der Waals surface area (Å²) in [5, 5.41) is 41.8. The van der Waals surface area contributed by atoms with Gasteiger partial charge < -0.3 is 25.2 Å². The van der Waals surface area contributed by atoms with Crippen LogP contribution in [0.1, 0.15) is 66.8 Å². The van der Waals surface area contributed by atoms with Crippen molar-refractivity contribution in [3.8, 4) is 23.0 Å². The number of aryl methyl sites for hydroxylation is 1. The minimum atomic E-state index is -1.56. The molecule has 0 aliphatic carbocycles. The van der Waals surface area contributed by atoms with Crippen LogP contribution in [0.2, 0.25) is 0 Å². The zero-order valence-corrected chi connectivity index (χ0v) is 18.8. The smallest absolute Gasteiger partial charge is 0.202 e. The van der Waals surface area contributed by atoms with E-state index in [0.717, 1.165) is 18.4 Å². The van der Waals surface area contributed by atoms with Crippen molar-refractivity contribution in [2.24, 2.45) is 0 Å². The molecule has 0 aromatic heterocycles. The number of hydrogen-bond donors (Lipinski definition) is 4. The number of phenols is 3. The molecule has 1 heterocycles. The number of aromatic hydroxyl groups is 3. The van der Waals surface area contributed by atoms with Crippen LogP contribution in [0.3, 0.4) is 0 Å². The first-order chi connectivity index (χ1) is 15.1. The highest BCUT2D eigenvalue weighted by atomic mass is 16.5. The van der Waals surface area contributed by atoms with Crippen LogP contribution in [-0.4, -0.2) is 32.3 Å². The Morgan fingerprint density at radius 1 is 1.06 bits per heavy atom. The van der Waals surface area contributed by atoms with E-state index in [-0.39, 0.29) is 40.5 Å². The first-order valence-electron chi connectivity index (χ1n) is 10.6. The Kier molecular flexibility index (Phi) is 6.94. The maximum atomic E-state index is 12.9. The topological polar surface area (TPSA) is 107 Å². The van der Waals surface area contributed by atoms with Crippen molar-refractivity contribution in [3.05, 3.63) is 69.8 Å². The molecule has 0 saturated carbocycles. The van der Waals surface area contributed by atoms with Crippen molar-refractivity contribution in [2.75, 3.05) is 0 Å². The van der Waals surface area contributed by atoms with Gasteiger partial charge in [0.1, 0.15) is 28.6 Å². The van der Waals surface area contributed by atoms with Gasteiger partial charge in [0.05, 0.1) is 0 Å². The van der Waals surface area contributed by atoms with E-state index in [1.54, 1.807) is 19.1 Å². The Morgan fingerprint density at radius 2 is 1.78 bits per heavy atom. The number of phenolic OH excluding ortho intramolecular Hbond substituents is 3. The molecule has 2 aromatic rings. The Balaban J connectivity index is 1.89. The van der Waals surface area contributed by atoms with Crippen LogP contribution in [0.4, 0.5) is 0 Å². The van der Waals surface area contributed by atoms with Crippen molar-refractivity contribution in [1.82, 2.24) is 0 Å². The van der Waals surface area contributed by atoms with Gasteiger partial charge in [0.2, 0.25) is 5.78 Å². The van der Waals surface area contributed by atoms with E-state index < -0.39 is 18.0 Å². The van der Waals surface area contributed by atoms with E-state index in [1.807, 2.05) is 26.8 Å². The average molecular weight is 439 g/mol. The molecule has 0 fully saturated rings. The summed E-state index contributed by atoms with van der Waals surface area (Å²) in [5.41, 5.74) is 3.47. The zero-order chi connectivity index (χ0) is 23.6. The van der Waals surface area contributed by atoms with E-state index in [2.05, 4.69) is 6.08 Å². The lowest BCUT2D eigenvalue weighted by molar-refractivity contribution is 0.0209. The lowest BCUT2D eigenvalue weighted by atomic mass is 9.90. The number of carbonyl (C=O) groups is 1. The molecule has 0 unspecified atom stereocenters. The number of aliphatic hydroxyl groups excluding tert-OH is 1. The molecule has 0 spiro atoms. The number of carbonyl (C=O) groups excluding carboxylic acids is 1. The van der Waals surface area contributed by atoms with Gasteiger partial charge in [-0.3, -0.25) is 4.79 Å². The van der Waals surface area contributed by atoms with E-state index in [1.165, 1.54) is 17.7 Å². The van der Waals surface area contributed by atoms with E-state index in [4.69, 9.17) is 4.74 Å². The molecule has 4 N–H and O–H groups in total. The molecular weight excluding hydrogens is 408 g/mol. The number of aliphatic hydroxyl groups is 1. The van der Waals surface area contributed by atoms with Crippen LogP contribution in [-0.2, 0) is 6.42 Å². The summed E-state index contributed by atoms with van der Waals surface area (Å²) in [4.78, 5) is 12.9. The van der Waals surface area contributed by atoms with Gasteiger partial charge in [0, 0.05) is 11.6 Å². The molecule has 0 amide bonds. The Morgan fingerprint density at radius 3 is 2.44 bits per heavy atom. The van der Waals surface area contributed by atoms with Crippen LogP contribution >= 0.6 is 0 Å². The van der Waals surface area contributed by atoms with Crippen LogP contribution in [0.5, 0.6) is 23.0 Å². The summed E-state index contributed by atoms with van der Waals surface area (Å²) in [5.74, 6) is -1.26. The van der Waals surface area contributed by atoms with Gasteiger partial charge in [0.25, 0.3) is 0 Å². The third-order valence-corrected chi connectivity index (χ3v) is 5.71. The van der Waals surface area contributed by atoms with E-state index in [0.29, 0.717) is 11.1 Å². The first kappa shape index (κ1) is 23.4. The summed E-state index contributed by atoms with van der Waals surface area (Å²) in [6.07, 6.45) is 3.42. The van der Waals surface area contributed by atoms with Gasteiger partial charge in [-0.05, 0) is 64.2 Å². The number of fused-ring (bicyclic) bond motifs is 1. The molecule has 0 saturated heterocycles. The number of benzene rings is 2. The lowest BCUT2D eigenvalue weighted by Crippen LogP contribution is -2.36. The molecule has 170 valence electrons. The standard InChI is InChI=1S/C26H30O6/c1-14(2)6-5-7-15(3)8-11-18-20(28)13-21-22(23(18)29)24(30)25(31)26(32-21)17-10-9-16(4)19(27)12-17/h6,8-10,12-13,25-29,31H,5,7,11H2,1-4H3/b15-8+/t25-,26+/m0/s1. The third-order valence-electron chi connectivity index (χ3n) is 5.71. The summed E-state index contributed by atoms with van der Waals surface area (Å²) < 4.78 is 5.79. The van der Waals surface area contributed by atoms with Crippen LogP contribution in [0.25, 0.3) is 0 Å². The predicted octanol–water partition coefficient (Wildman–Crippen LogP) is 5.02. The second kappa shape index (κ2) is 9.49. The molecule has 2 atom stereocenters. The first-order valence-corrected chi connectivity index (χ1v) is 10.6. The highest BCUT2D eigenvalue weighted by molar-refractivity contribution is 6.06. The van der Waals surface area contributed by atoms with Gasteiger partial charge >= 0.3 is 0 Å². The fourth-order valence-corrected chi connectivity index (χ4v) is 3.71. The molecule has 1 aliphatic heterocycles. The minimum Gasteiger partial charge on any atom is -0.508 e. The van der Waals surface area contributed by atoms with Crippen LogP contribution < -0.4 is 4.74 Å². The largest absolute Gasteiger partial charge is 0.508 e. The number of allylic oxidation sites excluding steroid dienone is 4. The quantitative estimate of drug-likeness (QED) is 0.472. The monoisotopic (exact) mass is 438 g/mol. The number of ether oxygens (including phenoxy) is 1. The Hall–Kier alpha value is -3.25. The van der Waals surface area contributed by atoms with Crippen molar-refractivity contribution in [1.29, 1.82) is 0 Å². The van der Waals surface area contributed by atoms with Crippen molar-refractivity contribution >= 4 is 5.78 Å². The zero-order valence-electron chi connectivity index (χ0n) is 18.8. The summed E-state index contributed by atoms with van der Waals surface area (Å²) >= 11 is 0. The second-order valence-corrected chi connectivity index (χ2v) is 8.56. The molecular formula is C26H30O6. The number of rotatable bonds is 6. The highest BCUT2D eigenvalue weighted by Crippen LogP contribution is 2.45. The van der Waals surface area contributed by atoms with Crippen molar-refractivity contribution in [3.63, 3.8) is 0 Å². The summed E-state index contributed by atoms with van der Waals surface area (Å²) in [7, 11) is 0.